The van der Waals surface area contributed by atoms with Crippen LogP contribution in [0.15, 0.2) is 42.5 Å². The van der Waals surface area contributed by atoms with Crippen LogP contribution in [-0.4, -0.2) is 5.11 Å². The van der Waals surface area contributed by atoms with Gasteiger partial charge in [-0.15, -0.1) is 11.3 Å². The summed E-state index contributed by atoms with van der Waals surface area (Å²) in [5.41, 5.74) is 2.37. The summed E-state index contributed by atoms with van der Waals surface area (Å²) in [7, 11) is 0. The lowest BCUT2D eigenvalue weighted by atomic mass is 10.1. The molecule has 1 nitrogen and oxygen atoms in total. The van der Waals surface area contributed by atoms with Gasteiger partial charge in [-0.2, -0.15) is 0 Å². The normalized spacial score (nSPS) is 10.9. The standard InChI is InChI=1S/C15H11OS/c1-10-2-3-12-9-15(17-14(12)8-10)11-4-6-13(16)7-5-11/h2-8,16H,1H3. The van der Waals surface area contributed by atoms with Crippen LogP contribution in [0.2, 0.25) is 0 Å². The van der Waals surface area contributed by atoms with E-state index in [4.69, 9.17) is 0 Å². The summed E-state index contributed by atoms with van der Waals surface area (Å²) in [6.45, 7) is 2.10. The van der Waals surface area contributed by atoms with Crippen molar-refractivity contribution < 1.29 is 5.11 Å². The number of rotatable bonds is 1. The molecule has 0 spiro atoms. The van der Waals surface area contributed by atoms with E-state index in [1.807, 2.05) is 12.1 Å². The Labute approximate surface area is 104 Å². The Hall–Kier alpha value is -1.80. The first kappa shape index (κ1) is 10.4. The smallest absolute Gasteiger partial charge is 0.115 e. The zero-order valence-corrected chi connectivity index (χ0v) is 10.2. The monoisotopic (exact) mass is 239 g/mol. The van der Waals surface area contributed by atoms with Gasteiger partial charge in [-0.25, -0.2) is 0 Å². The van der Waals surface area contributed by atoms with Crippen LogP contribution in [0.1, 0.15) is 5.56 Å². The minimum Gasteiger partial charge on any atom is -0.508 e. The van der Waals surface area contributed by atoms with E-state index in [9.17, 15) is 5.11 Å². The number of fused-ring (bicyclic) bond motifs is 1. The summed E-state index contributed by atoms with van der Waals surface area (Å²) in [6.07, 6.45) is 0. The summed E-state index contributed by atoms with van der Waals surface area (Å²) in [5, 5.41) is 10.4. The van der Waals surface area contributed by atoms with Crippen molar-refractivity contribution in [2.45, 2.75) is 6.92 Å². The molecule has 1 heterocycles. The second-order valence-electron chi connectivity index (χ2n) is 4.10. The van der Waals surface area contributed by atoms with Crippen molar-refractivity contribution in [1.29, 1.82) is 0 Å². The maximum Gasteiger partial charge on any atom is 0.115 e. The molecule has 2 aromatic carbocycles. The van der Waals surface area contributed by atoms with Crippen LogP contribution in [0.25, 0.3) is 20.5 Å². The van der Waals surface area contributed by atoms with Crippen molar-refractivity contribution in [3.8, 4) is 16.2 Å². The number of phenolic OH excluding ortho intramolecular Hbond substituents is 1. The van der Waals surface area contributed by atoms with E-state index in [2.05, 4.69) is 31.2 Å². The molecule has 0 unspecified atom stereocenters. The van der Waals surface area contributed by atoms with E-state index in [0.29, 0.717) is 5.75 Å². The van der Waals surface area contributed by atoms with Crippen molar-refractivity contribution in [3.63, 3.8) is 0 Å². The summed E-state index contributed by atoms with van der Waals surface area (Å²) in [5.74, 6) is 0.297. The van der Waals surface area contributed by atoms with E-state index in [0.717, 1.165) is 15.8 Å². The highest BCUT2D eigenvalue weighted by molar-refractivity contribution is 7.22. The Morgan fingerprint density at radius 3 is 2.59 bits per heavy atom. The molecule has 1 radical (unpaired) electrons. The number of hydrogen-bond acceptors (Lipinski definition) is 2. The van der Waals surface area contributed by atoms with Crippen LogP contribution in [0.3, 0.4) is 0 Å². The first-order valence-corrected chi connectivity index (χ1v) is 6.26. The highest BCUT2D eigenvalue weighted by atomic mass is 32.1. The predicted octanol–water partition coefficient (Wildman–Crippen LogP) is 4.38. The Kier molecular flexibility index (Phi) is 2.37. The van der Waals surface area contributed by atoms with Gasteiger partial charge in [0.05, 0.1) is 0 Å². The molecule has 0 aliphatic heterocycles. The SMILES string of the molecule is Cc1ccc2[c]c(-c3ccc(O)cc3)sc2c1. The minimum absolute atomic E-state index is 0.297. The van der Waals surface area contributed by atoms with Gasteiger partial charge in [0.1, 0.15) is 5.75 Å². The molecular formula is C15H11OS. The van der Waals surface area contributed by atoms with Crippen molar-refractivity contribution in [2.75, 3.05) is 0 Å². The lowest BCUT2D eigenvalue weighted by Crippen LogP contribution is -1.70. The number of hydrogen-bond donors (Lipinski definition) is 1. The molecule has 0 atom stereocenters. The number of phenols is 1. The van der Waals surface area contributed by atoms with Crippen LogP contribution < -0.4 is 0 Å². The molecule has 0 saturated carbocycles. The van der Waals surface area contributed by atoms with Gasteiger partial charge < -0.3 is 5.11 Å². The largest absolute Gasteiger partial charge is 0.508 e. The second-order valence-corrected chi connectivity index (χ2v) is 5.15. The van der Waals surface area contributed by atoms with Crippen LogP contribution in [0, 0.1) is 13.0 Å². The van der Waals surface area contributed by atoms with Gasteiger partial charge in [-0.1, -0.05) is 12.1 Å². The maximum absolute atomic E-state index is 9.27. The molecule has 83 valence electrons. The molecule has 3 aromatic rings. The molecule has 3 rings (SSSR count). The number of aryl methyl sites for hydroxylation is 1. The Bertz CT molecular complexity index is 665. The molecule has 2 heteroatoms. The molecule has 0 fully saturated rings. The summed E-state index contributed by atoms with van der Waals surface area (Å²) in [4.78, 5) is 1.12. The van der Waals surface area contributed by atoms with Gasteiger partial charge in [0.15, 0.2) is 0 Å². The summed E-state index contributed by atoms with van der Waals surface area (Å²) >= 11 is 1.73. The molecule has 0 aliphatic carbocycles. The zero-order valence-electron chi connectivity index (χ0n) is 9.40. The van der Waals surface area contributed by atoms with Gasteiger partial charge in [0.2, 0.25) is 0 Å². The molecule has 0 bridgehead atoms. The summed E-state index contributed by atoms with van der Waals surface area (Å²) < 4.78 is 1.26. The van der Waals surface area contributed by atoms with Crippen LogP contribution >= 0.6 is 11.3 Å². The third kappa shape index (κ3) is 1.92. The van der Waals surface area contributed by atoms with Gasteiger partial charge in [-0.3, -0.25) is 0 Å². The van der Waals surface area contributed by atoms with Crippen molar-refractivity contribution in [1.82, 2.24) is 0 Å². The van der Waals surface area contributed by atoms with Crippen LogP contribution in [-0.2, 0) is 0 Å². The predicted molar refractivity (Wildman–Crippen MR) is 72.5 cm³/mol. The Morgan fingerprint density at radius 2 is 1.82 bits per heavy atom. The van der Waals surface area contributed by atoms with E-state index in [1.54, 1.807) is 23.5 Å². The summed E-state index contributed by atoms with van der Waals surface area (Å²) in [6, 6.07) is 17.0. The van der Waals surface area contributed by atoms with Gasteiger partial charge in [0.25, 0.3) is 0 Å². The van der Waals surface area contributed by atoms with E-state index >= 15 is 0 Å². The topological polar surface area (TPSA) is 20.2 Å². The molecule has 0 saturated heterocycles. The third-order valence-corrected chi connectivity index (χ3v) is 3.83. The van der Waals surface area contributed by atoms with Crippen LogP contribution in [0.5, 0.6) is 5.75 Å². The average Bonchev–Trinajstić information content (AvgIpc) is 2.72. The Morgan fingerprint density at radius 1 is 1.06 bits per heavy atom. The Balaban J connectivity index is 2.14. The molecule has 0 amide bonds. The maximum atomic E-state index is 9.27. The fourth-order valence-corrected chi connectivity index (χ4v) is 2.93. The number of thiophene rings is 1. The fourth-order valence-electron chi connectivity index (χ4n) is 1.82. The first-order chi connectivity index (χ1) is 8.22. The van der Waals surface area contributed by atoms with E-state index < -0.39 is 0 Å². The molecule has 1 N–H and O–H groups in total. The molecule has 17 heavy (non-hydrogen) atoms. The average molecular weight is 239 g/mol. The van der Waals surface area contributed by atoms with Gasteiger partial charge in [0, 0.05) is 21.0 Å². The third-order valence-electron chi connectivity index (χ3n) is 2.73. The number of aromatic hydroxyl groups is 1. The van der Waals surface area contributed by atoms with Gasteiger partial charge >= 0.3 is 0 Å². The van der Waals surface area contributed by atoms with E-state index in [1.165, 1.54) is 10.3 Å². The second kappa shape index (κ2) is 3.90. The highest BCUT2D eigenvalue weighted by Crippen LogP contribution is 2.33. The lowest BCUT2D eigenvalue weighted by molar-refractivity contribution is 0.475. The van der Waals surface area contributed by atoms with Crippen molar-refractivity contribution in [3.05, 3.63) is 54.1 Å². The molecule has 1 aromatic heterocycles. The number of benzene rings is 2. The highest BCUT2D eigenvalue weighted by Gasteiger charge is 2.04. The lowest BCUT2D eigenvalue weighted by Gasteiger charge is -1.95. The first-order valence-electron chi connectivity index (χ1n) is 5.44. The van der Waals surface area contributed by atoms with Gasteiger partial charge in [-0.05, 0) is 48.4 Å². The van der Waals surface area contributed by atoms with Crippen molar-refractivity contribution in [2.24, 2.45) is 0 Å². The molecule has 0 aliphatic rings. The quantitative estimate of drug-likeness (QED) is 0.668. The minimum atomic E-state index is 0.297. The zero-order chi connectivity index (χ0) is 11.8. The van der Waals surface area contributed by atoms with Crippen molar-refractivity contribution >= 4 is 21.4 Å². The molecular weight excluding hydrogens is 228 g/mol. The fraction of sp³-hybridized carbons (Fsp3) is 0.0667. The van der Waals surface area contributed by atoms with E-state index in [-0.39, 0.29) is 0 Å². The van der Waals surface area contributed by atoms with Crippen LogP contribution in [0.4, 0.5) is 0 Å².